The average Bonchev–Trinajstić information content (AvgIpc) is 3.45. The van der Waals surface area contributed by atoms with Crippen LogP contribution in [0.5, 0.6) is 0 Å². The van der Waals surface area contributed by atoms with Crippen molar-refractivity contribution in [3.63, 3.8) is 0 Å². The molecule has 2 aliphatic heterocycles. The summed E-state index contributed by atoms with van der Waals surface area (Å²) in [4.78, 5) is 2.50. The summed E-state index contributed by atoms with van der Waals surface area (Å²) >= 11 is 0. The molecule has 0 radical (unpaired) electrons. The second-order valence-corrected chi connectivity index (χ2v) is 15.4. The van der Waals surface area contributed by atoms with Crippen molar-refractivity contribution < 1.29 is 4.42 Å². The Labute approximate surface area is 269 Å². The van der Waals surface area contributed by atoms with Gasteiger partial charge in [0.1, 0.15) is 11.5 Å². The zero-order valence-electron chi connectivity index (χ0n) is 28.5. The fraction of sp³-hybridized carbons (Fsp3) is 0.659. The van der Waals surface area contributed by atoms with E-state index in [0.29, 0.717) is 11.3 Å². The molecule has 1 spiro atoms. The summed E-state index contributed by atoms with van der Waals surface area (Å²) < 4.78 is 6.18. The normalized spacial score (nSPS) is 25.4. The van der Waals surface area contributed by atoms with Gasteiger partial charge in [0.05, 0.1) is 0 Å². The van der Waals surface area contributed by atoms with Gasteiger partial charge in [0, 0.05) is 5.57 Å². The van der Waals surface area contributed by atoms with Crippen LogP contribution in [0, 0.1) is 24.2 Å². The van der Waals surface area contributed by atoms with E-state index in [4.69, 9.17) is 4.42 Å². The van der Waals surface area contributed by atoms with E-state index in [1.54, 1.807) is 16.7 Å². The van der Waals surface area contributed by atoms with Gasteiger partial charge < -0.3 is 14.6 Å². The topological polar surface area (TPSA) is 28.4 Å². The van der Waals surface area contributed by atoms with Crippen molar-refractivity contribution in [2.75, 3.05) is 33.2 Å². The standard InChI is InChI=1S/C41H60N2O/c1-5-8-34-27-39-36(10-7-6-9-32-17-23-43(4)24-18-32)25-37(40-16-12-31(3)44-40)14-11-30(2)38(39)26-35(34)15-13-33-28-41(29-33)19-21-42-22-20-41/h12,14,16,25-27,30,32-33,42H,5-11,13,15,17-24,28-29H2,1-4H3/b36-25-,37-14-. The van der Waals surface area contributed by atoms with Gasteiger partial charge >= 0.3 is 0 Å². The number of likely N-dealkylation sites (tertiary alicyclic amines) is 1. The second-order valence-electron chi connectivity index (χ2n) is 15.4. The Morgan fingerprint density at radius 2 is 1.70 bits per heavy atom. The molecule has 0 bridgehead atoms. The highest BCUT2D eigenvalue weighted by Crippen LogP contribution is 2.53. The number of aryl methyl sites for hydroxylation is 3. The van der Waals surface area contributed by atoms with Crippen LogP contribution >= 0.6 is 0 Å². The van der Waals surface area contributed by atoms with Gasteiger partial charge in [-0.2, -0.15) is 0 Å². The molecule has 1 N–H and O–H groups in total. The van der Waals surface area contributed by atoms with Gasteiger partial charge in [0.2, 0.25) is 0 Å². The molecule has 44 heavy (non-hydrogen) atoms. The minimum absolute atomic E-state index is 0.509. The number of hydrogen-bond acceptors (Lipinski definition) is 3. The predicted molar refractivity (Wildman–Crippen MR) is 187 cm³/mol. The second kappa shape index (κ2) is 14.5. The van der Waals surface area contributed by atoms with E-state index in [-0.39, 0.29) is 0 Å². The van der Waals surface area contributed by atoms with Crippen LogP contribution in [0.3, 0.4) is 0 Å². The number of unbranched alkanes of at least 4 members (excludes halogenated alkanes) is 1. The van der Waals surface area contributed by atoms with Gasteiger partial charge in [-0.3, -0.25) is 0 Å². The van der Waals surface area contributed by atoms with Crippen LogP contribution < -0.4 is 5.32 Å². The molecule has 1 aromatic heterocycles. The molecule has 3 fully saturated rings. The molecule has 0 amide bonds. The van der Waals surface area contributed by atoms with Crippen molar-refractivity contribution in [1.29, 1.82) is 0 Å². The van der Waals surface area contributed by atoms with Crippen molar-refractivity contribution in [2.24, 2.45) is 17.3 Å². The number of nitrogens with zero attached hydrogens (tertiary/aromatic N) is 1. The number of fused-ring (bicyclic) bond motifs is 1. The average molecular weight is 597 g/mol. The lowest BCUT2D eigenvalue weighted by Crippen LogP contribution is -2.45. The minimum atomic E-state index is 0.509. The SMILES string of the molecule is CCCc1cc2c(cc1CCC1CC3(CCNCC3)C1)C(C)C/C=C(c1ccc(C)o1)/C=C\2CCCCC1CCN(C)CC1. The summed E-state index contributed by atoms with van der Waals surface area (Å²) in [6.45, 7) is 11.9. The molecule has 4 aliphatic rings. The van der Waals surface area contributed by atoms with E-state index in [1.165, 1.54) is 126 Å². The van der Waals surface area contributed by atoms with E-state index < -0.39 is 0 Å². The van der Waals surface area contributed by atoms with Crippen LogP contribution in [-0.4, -0.2) is 38.1 Å². The third-order valence-corrected chi connectivity index (χ3v) is 11.9. The van der Waals surface area contributed by atoms with Crippen molar-refractivity contribution in [3.05, 3.63) is 70.2 Å². The molecule has 3 heteroatoms. The van der Waals surface area contributed by atoms with E-state index in [0.717, 1.165) is 36.2 Å². The Morgan fingerprint density at radius 1 is 0.932 bits per heavy atom. The van der Waals surface area contributed by atoms with Crippen LogP contribution in [0.15, 0.2) is 40.8 Å². The number of hydrogen-bond donors (Lipinski definition) is 1. The van der Waals surface area contributed by atoms with Crippen LogP contribution in [-0.2, 0) is 12.8 Å². The van der Waals surface area contributed by atoms with Crippen LogP contribution in [0.2, 0.25) is 0 Å². The smallest absolute Gasteiger partial charge is 0.133 e. The Morgan fingerprint density at radius 3 is 2.43 bits per heavy atom. The Hall–Kier alpha value is -2.10. The van der Waals surface area contributed by atoms with Crippen molar-refractivity contribution in [1.82, 2.24) is 10.2 Å². The lowest BCUT2D eigenvalue weighted by molar-refractivity contribution is 0.0177. The molecule has 2 saturated heterocycles. The summed E-state index contributed by atoms with van der Waals surface area (Å²) in [7, 11) is 2.28. The summed E-state index contributed by atoms with van der Waals surface area (Å²) in [5, 5.41) is 3.58. The first kappa shape index (κ1) is 31.9. The highest BCUT2D eigenvalue weighted by molar-refractivity contribution is 5.84. The van der Waals surface area contributed by atoms with Gasteiger partial charge in [-0.05, 0) is 186 Å². The zero-order valence-corrected chi connectivity index (χ0v) is 28.5. The third-order valence-electron chi connectivity index (χ3n) is 11.9. The highest BCUT2D eigenvalue weighted by Gasteiger charge is 2.43. The molecule has 2 aromatic rings. The first-order chi connectivity index (χ1) is 21.4. The quantitative estimate of drug-likeness (QED) is 0.262. The minimum Gasteiger partial charge on any atom is -0.461 e. The first-order valence-electron chi connectivity index (χ1n) is 18.4. The van der Waals surface area contributed by atoms with Gasteiger partial charge in [-0.1, -0.05) is 51.3 Å². The van der Waals surface area contributed by atoms with Crippen molar-refractivity contribution in [3.8, 4) is 0 Å². The van der Waals surface area contributed by atoms with Gasteiger partial charge in [-0.15, -0.1) is 0 Å². The fourth-order valence-corrected chi connectivity index (χ4v) is 9.05. The molecule has 2 aliphatic carbocycles. The molecule has 1 aromatic carbocycles. The maximum Gasteiger partial charge on any atom is 0.133 e. The van der Waals surface area contributed by atoms with E-state index in [1.807, 2.05) is 0 Å². The van der Waals surface area contributed by atoms with Gasteiger partial charge in [-0.25, -0.2) is 0 Å². The van der Waals surface area contributed by atoms with E-state index >= 15 is 0 Å². The summed E-state index contributed by atoms with van der Waals surface area (Å²) in [6, 6.07) is 9.61. The van der Waals surface area contributed by atoms with Crippen molar-refractivity contribution in [2.45, 2.75) is 123 Å². The number of allylic oxidation sites excluding steroid dienone is 4. The maximum atomic E-state index is 6.18. The van der Waals surface area contributed by atoms with Crippen molar-refractivity contribution >= 4 is 11.1 Å². The summed E-state index contributed by atoms with van der Waals surface area (Å²) in [5.41, 5.74) is 9.89. The van der Waals surface area contributed by atoms with Gasteiger partial charge in [0.15, 0.2) is 0 Å². The molecular formula is C41H60N2O. The summed E-state index contributed by atoms with van der Waals surface area (Å²) in [6.07, 6.45) is 24.8. The lowest BCUT2D eigenvalue weighted by Gasteiger charge is -2.50. The Bertz CT molecular complexity index is 1290. The monoisotopic (exact) mass is 596 g/mol. The molecule has 3 heterocycles. The number of benzene rings is 1. The lowest BCUT2D eigenvalue weighted by atomic mass is 9.56. The molecule has 1 unspecified atom stereocenters. The molecule has 1 saturated carbocycles. The fourth-order valence-electron chi connectivity index (χ4n) is 9.05. The molecule has 6 rings (SSSR count). The number of nitrogens with one attached hydrogen (secondary N) is 1. The highest BCUT2D eigenvalue weighted by atomic mass is 16.3. The Kier molecular flexibility index (Phi) is 10.5. The maximum absolute atomic E-state index is 6.18. The zero-order chi connectivity index (χ0) is 30.5. The molecule has 1 atom stereocenters. The summed E-state index contributed by atoms with van der Waals surface area (Å²) in [5.74, 6) is 4.39. The van der Waals surface area contributed by atoms with Crippen LogP contribution in [0.4, 0.5) is 0 Å². The first-order valence-corrected chi connectivity index (χ1v) is 18.4. The van der Waals surface area contributed by atoms with E-state index in [9.17, 15) is 0 Å². The third kappa shape index (κ3) is 7.64. The van der Waals surface area contributed by atoms with Crippen LogP contribution in [0.1, 0.15) is 137 Å². The number of piperidine rings is 2. The molecule has 240 valence electrons. The predicted octanol–water partition coefficient (Wildman–Crippen LogP) is 10.1. The Balaban J connectivity index is 1.22. The van der Waals surface area contributed by atoms with Crippen LogP contribution in [0.25, 0.3) is 11.1 Å². The largest absolute Gasteiger partial charge is 0.461 e. The number of rotatable bonds is 11. The number of furan rings is 1. The molecule has 3 nitrogen and oxygen atoms in total. The van der Waals surface area contributed by atoms with E-state index in [2.05, 4.69) is 74.5 Å². The molecular weight excluding hydrogens is 536 g/mol. The van der Waals surface area contributed by atoms with Gasteiger partial charge in [0.25, 0.3) is 0 Å².